The summed E-state index contributed by atoms with van der Waals surface area (Å²) in [5, 5.41) is 26.2. The lowest BCUT2D eigenvalue weighted by atomic mass is 9.84. The molecule has 1 saturated heterocycles. The quantitative estimate of drug-likeness (QED) is 0.117. The summed E-state index contributed by atoms with van der Waals surface area (Å²) in [5.41, 5.74) is 5.14. The van der Waals surface area contributed by atoms with Crippen molar-refractivity contribution in [2.24, 2.45) is 11.1 Å². The number of β-lactam (4-membered cyclic amide) rings is 1. The summed E-state index contributed by atoms with van der Waals surface area (Å²) in [6.45, 7) is 0.778. The molecular weight excluding hydrogens is 520 g/mol. The van der Waals surface area contributed by atoms with Crippen LogP contribution in [0, 0.1) is 5.92 Å². The Hall–Kier alpha value is -3.48. The number of anilines is 1. The molecule has 1 amide bonds. The van der Waals surface area contributed by atoms with Crippen molar-refractivity contribution in [1.82, 2.24) is 29.6 Å². The molecule has 2 aromatic heterocycles. The third-order valence-corrected chi connectivity index (χ3v) is 7.75. The monoisotopic (exact) mass is 540 g/mol. The summed E-state index contributed by atoms with van der Waals surface area (Å²) in [7, 11) is -4.90. The molecular formula is C18H20N8O8S2. The third kappa shape index (κ3) is 4.31. The number of nitrogens with two attached hydrogens (primary N) is 1. The topological polar surface area (TPSA) is 232 Å². The van der Waals surface area contributed by atoms with E-state index in [1.807, 2.05) is 0 Å². The van der Waals surface area contributed by atoms with Crippen LogP contribution in [0.5, 0.6) is 0 Å². The smallest absolute Gasteiger partial charge is 0.362 e. The highest BCUT2D eigenvalue weighted by atomic mass is 32.2. The summed E-state index contributed by atoms with van der Waals surface area (Å²) < 4.78 is 33.5. The van der Waals surface area contributed by atoms with Crippen molar-refractivity contribution in [2.75, 3.05) is 5.73 Å². The van der Waals surface area contributed by atoms with Crippen LogP contribution in [0.25, 0.3) is 0 Å². The molecule has 18 heteroatoms. The maximum absolute atomic E-state index is 13.2. The molecule has 5 N–H and O–H groups in total. The number of rotatable bonds is 10. The molecule has 0 spiro atoms. The number of fused-ring (bicyclic) bond motifs is 1. The van der Waals surface area contributed by atoms with Crippen LogP contribution in [0.2, 0.25) is 0 Å². The molecule has 2 atom stereocenters. The first-order valence-electron chi connectivity index (χ1n) is 10.7. The number of carboxylic acids is 1. The number of aliphatic carboxylic acids is 1. The zero-order valence-corrected chi connectivity index (χ0v) is 20.0. The number of carbonyl (C=O) groups is 3. The maximum atomic E-state index is 13.2. The van der Waals surface area contributed by atoms with Crippen molar-refractivity contribution in [3.05, 3.63) is 22.5 Å². The highest BCUT2D eigenvalue weighted by Crippen LogP contribution is 2.40. The molecule has 0 aromatic carbocycles. The van der Waals surface area contributed by atoms with Gasteiger partial charge in [-0.1, -0.05) is 5.16 Å². The molecule has 2 aromatic rings. The van der Waals surface area contributed by atoms with E-state index >= 15 is 0 Å². The lowest BCUT2D eigenvalue weighted by Gasteiger charge is -2.43. The first-order valence-corrected chi connectivity index (χ1v) is 12.9. The normalized spacial score (nSPS) is 22.8. The first-order chi connectivity index (χ1) is 17.0. The number of thiazole rings is 1. The lowest BCUT2D eigenvalue weighted by molar-refractivity contribution is -0.153. The van der Waals surface area contributed by atoms with E-state index in [9.17, 15) is 32.5 Å². The molecule has 3 aliphatic rings. The minimum atomic E-state index is -4.90. The summed E-state index contributed by atoms with van der Waals surface area (Å²) in [4.78, 5) is 47.7. The Labute approximate surface area is 207 Å². The van der Waals surface area contributed by atoms with E-state index in [2.05, 4.69) is 25.7 Å². The largest absolute Gasteiger partial charge is 0.478 e. The zero-order valence-electron chi connectivity index (χ0n) is 18.4. The number of amides is 1. The highest BCUT2D eigenvalue weighted by molar-refractivity contribution is 7.84. The molecule has 2 aliphatic heterocycles. The average Bonchev–Trinajstić information content (AvgIpc) is 3.06. The van der Waals surface area contributed by atoms with Gasteiger partial charge in [-0.05, 0) is 0 Å². The Morgan fingerprint density at radius 2 is 1.97 bits per heavy atom. The van der Waals surface area contributed by atoms with Crippen LogP contribution in [0.3, 0.4) is 0 Å². The van der Waals surface area contributed by atoms with E-state index in [4.69, 9.17) is 10.6 Å². The number of nitrogens with one attached hydrogen (secondary N) is 1. The van der Waals surface area contributed by atoms with Gasteiger partial charge < -0.3 is 21.0 Å². The summed E-state index contributed by atoms with van der Waals surface area (Å²) >= 11 is 1.01. The second-order valence-electron chi connectivity index (χ2n) is 8.57. The van der Waals surface area contributed by atoms with Crippen LogP contribution in [-0.4, -0.2) is 77.4 Å². The molecule has 5 rings (SSSR count). The number of nitrogen functional groups attached to an aromatic ring is 1. The van der Waals surface area contributed by atoms with E-state index in [0.717, 1.165) is 11.3 Å². The lowest BCUT2D eigenvalue weighted by Crippen LogP contribution is -2.64. The summed E-state index contributed by atoms with van der Waals surface area (Å²) in [5.74, 6) is -4.13. The van der Waals surface area contributed by atoms with Crippen molar-refractivity contribution in [3.63, 3.8) is 0 Å². The molecule has 36 heavy (non-hydrogen) atoms. The number of oxime groups is 1. The number of carbonyl (C=O) groups excluding carboxylic acids is 2. The number of hydrogen-bond acceptors (Lipinski definition) is 13. The Kier molecular flexibility index (Phi) is 5.77. The Balaban J connectivity index is 1.39. The Morgan fingerprint density at radius 3 is 2.50 bits per heavy atom. The number of carboxylic acid groups (broad SMARTS) is 1. The zero-order chi connectivity index (χ0) is 25.8. The number of Topliss-reactive ketones (excluding diaryl/α,β-unsaturated/α-hetero) is 1. The molecule has 0 radical (unpaired) electrons. The molecule has 192 valence electrons. The number of aromatic nitrogens is 4. The van der Waals surface area contributed by atoms with Crippen molar-refractivity contribution in [3.8, 4) is 0 Å². The van der Waals surface area contributed by atoms with Crippen LogP contribution in [-0.2, 0) is 49.2 Å². The second kappa shape index (κ2) is 8.57. The van der Waals surface area contributed by atoms with Gasteiger partial charge in [0.2, 0.25) is 11.5 Å². The number of nitrogens with zero attached hydrogens (tertiary/aromatic N) is 6. The van der Waals surface area contributed by atoms with E-state index in [1.54, 1.807) is 0 Å². The third-order valence-electron chi connectivity index (χ3n) is 6.13. The predicted octanol–water partition coefficient (Wildman–Crippen LogP) is -1.45. The first kappa shape index (κ1) is 24.2. The van der Waals surface area contributed by atoms with E-state index < -0.39 is 51.9 Å². The van der Waals surface area contributed by atoms with Gasteiger partial charge in [-0.2, -0.15) is 23.4 Å². The molecule has 2 fully saturated rings. The molecule has 4 heterocycles. The molecule has 1 aliphatic carbocycles. The fourth-order valence-electron chi connectivity index (χ4n) is 4.05. The van der Waals surface area contributed by atoms with Gasteiger partial charge in [-0.3, -0.25) is 14.1 Å². The van der Waals surface area contributed by atoms with Gasteiger partial charge in [-0.15, -0.1) is 11.3 Å². The molecule has 16 nitrogen and oxygen atoms in total. The van der Waals surface area contributed by atoms with Gasteiger partial charge in [0.1, 0.15) is 17.1 Å². The standard InChI is InChI=1S/C18H20N8O8S2/c19-17-21-11(7-35-17)14(24-34-18(1-2-18)16(29)30)13(27)3-8-12(26(15(8)28)36(31,32)33)6-25-22-9-4-20-5-10(9)23-25/h7-8,12,20H,1-6H2,(H2,19,21)(H,29,30)(H,31,32,33)/b24-14-/t8-,12+/m0/s1. The van der Waals surface area contributed by atoms with E-state index in [1.165, 1.54) is 10.2 Å². The Morgan fingerprint density at radius 1 is 1.31 bits per heavy atom. The highest BCUT2D eigenvalue weighted by Gasteiger charge is 2.56. The van der Waals surface area contributed by atoms with Crippen molar-refractivity contribution in [2.45, 2.75) is 50.5 Å². The summed E-state index contributed by atoms with van der Waals surface area (Å²) in [6, 6.07) is -1.14. The predicted molar refractivity (Wildman–Crippen MR) is 120 cm³/mol. The van der Waals surface area contributed by atoms with Gasteiger partial charge in [0.25, 0.3) is 0 Å². The number of hydrogen-bond donors (Lipinski definition) is 4. The van der Waals surface area contributed by atoms with Crippen LogP contribution in [0.1, 0.15) is 36.3 Å². The fourth-order valence-corrected chi connectivity index (χ4v) is 5.51. The van der Waals surface area contributed by atoms with Crippen molar-refractivity contribution < 1.29 is 37.3 Å². The second-order valence-corrected chi connectivity index (χ2v) is 10.7. The van der Waals surface area contributed by atoms with Crippen LogP contribution < -0.4 is 11.1 Å². The van der Waals surface area contributed by atoms with Crippen molar-refractivity contribution >= 4 is 50.1 Å². The van der Waals surface area contributed by atoms with E-state index in [-0.39, 0.29) is 40.2 Å². The summed E-state index contributed by atoms with van der Waals surface area (Å²) in [6.07, 6.45) is -0.109. The fraction of sp³-hybridized carbons (Fsp3) is 0.500. The number of ketones is 1. The van der Waals surface area contributed by atoms with Gasteiger partial charge in [0, 0.05) is 37.7 Å². The van der Waals surface area contributed by atoms with Gasteiger partial charge in [0.05, 0.1) is 18.5 Å². The molecule has 0 unspecified atom stereocenters. The van der Waals surface area contributed by atoms with Gasteiger partial charge in [-0.25, -0.2) is 14.1 Å². The van der Waals surface area contributed by atoms with E-state index in [0.29, 0.717) is 24.5 Å². The van der Waals surface area contributed by atoms with Gasteiger partial charge in [0.15, 0.2) is 16.6 Å². The van der Waals surface area contributed by atoms with Crippen molar-refractivity contribution in [1.29, 1.82) is 0 Å². The minimum Gasteiger partial charge on any atom is -0.478 e. The van der Waals surface area contributed by atoms with Crippen LogP contribution >= 0.6 is 11.3 Å². The SMILES string of the molecule is Nc1nc(/C(=N/OC2(C(=O)O)CC2)C(=O)C[C@@H]2C(=O)N(S(=O)(=O)O)[C@@H]2Cn2nc3c(n2)CNC3)cs1. The Bertz CT molecular complexity index is 1370. The minimum absolute atomic E-state index is 0.0244. The maximum Gasteiger partial charge on any atom is 0.362 e. The molecule has 1 saturated carbocycles. The van der Waals surface area contributed by atoms with Gasteiger partial charge >= 0.3 is 16.3 Å². The molecule has 0 bridgehead atoms. The van der Waals surface area contributed by atoms with Crippen LogP contribution in [0.15, 0.2) is 10.5 Å². The average molecular weight is 541 g/mol. The van der Waals surface area contributed by atoms with Crippen LogP contribution in [0.4, 0.5) is 5.13 Å².